The molecule has 2 aliphatic carbocycles. The van der Waals surface area contributed by atoms with Crippen molar-refractivity contribution in [2.75, 3.05) is 5.32 Å². The fourth-order valence-corrected chi connectivity index (χ4v) is 5.12. The summed E-state index contributed by atoms with van der Waals surface area (Å²) in [5.74, 6) is 0. The van der Waals surface area contributed by atoms with Gasteiger partial charge in [0.05, 0.1) is 12.1 Å². The van der Waals surface area contributed by atoms with Crippen molar-refractivity contribution in [1.29, 1.82) is 0 Å². The lowest BCUT2D eigenvalue weighted by atomic mass is 9.84. The van der Waals surface area contributed by atoms with Crippen LogP contribution < -0.4 is 5.32 Å². The van der Waals surface area contributed by atoms with Crippen LogP contribution in [-0.4, -0.2) is 6.72 Å². The third-order valence-corrected chi connectivity index (χ3v) is 6.84. The number of rotatable bonds is 5. The van der Waals surface area contributed by atoms with Crippen molar-refractivity contribution < 1.29 is 0 Å². The number of benzene rings is 2. The van der Waals surface area contributed by atoms with Crippen LogP contribution in [-0.2, 0) is 6.42 Å². The Morgan fingerprint density at radius 1 is 0.900 bits per heavy atom. The largest absolute Gasteiger partial charge is 0.378 e. The first-order valence-corrected chi connectivity index (χ1v) is 11.3. The zero-order valence-electron chi connectivity index (χ0n) is 17.6. The number of allylic oxidation sites excluding steroid dienone is 5. The van der Waals surface area contributed by atoms with Gasteiger partial charge in [-0.1, -0.05) is 60.7 Å². The molecule has 0 fully saturated rings. The molecule has 2 atom stereocenters. The number of para-hydroxylation sites is 1. The van der Waals surface area contributed by atoms with Crippen LogP contribution in [0.3, 0.4) is 0 Å². The molecule has 0 saturated carbocycles. The molecule has 0 radical (unpaired) electrons. The molecule has 0 bridgehead atoms. The van der Waals surface area contributed by atoms with E-state index in [0.29, 0.717) is 6.04 Å². The molecule has 3 aliphatic rings. The van der Waals surface area contributed by atoms with Crippen LogP contribution in [0.25, 0.3) is 0 Å². The SMILES string of the molecule is C=NC(C1=CC=C(C2=CCCCC2)CC1)c1ccc(C2Cc3ccccc3N2)cc1. The van der Waals surface area contributed by atoms with E-state index < -0.39 is 0 Å². The molecule has 1 heterocycles. The summed E-state index contributed by atoms with van der Waals surface area (Å²) in [6.45, 7) is 3.91. The lowest BCUT2D eigenvalue weighted by Crippen LogP contribution is -2.08. The van der Waals surface area contributed by atoms with E-state index in [-0.39, 0.29) is 6.04 Å². The molecule has 2 heteroatoms. The molecule has 1 aliphatic heterocycles. The van der Waals surface area contributed by atoms with Gasteiger partial charge in [-0.05, 0) is 91.1 Å². The average molecular weight is 395 g/mol. The normalized spacial score (nSPS) is 21.6. The van der Waals surface area contributed by atoms with Crippen LogP contribution in [0.4, 0.5) is 5.69 Å². The molecular weight excluding hydrogens is 364 g/mol. The average Bonchev–Trinajstić information content (AvgIpc) is 3.25. The van der Waals surface area contributed by atoms with Gasteiger partial charge in [0.1, 0.15) is 0 Å². The third kappa shape index (κ3) is 3.79. The van der Waals surface area contributed by atoms with Gasteiger partial charge in [-0.25, -0.2) is 0 Å². The summed E-state index contributed by atoms with van der Waals surface area (Å²) in [6.07, 6.45) is 15.5. The molecule has 2 aromatic rings. The monoisotopic (exact) mass is 394 g/mol. The Hall–Kier alpha value is -2.87. The summed E-state index contributed by atoms with van der Waals surface area (Å²) in [5.41, 5.74) is 9.73. The van der Waals surface area contributed by atoms with Crippen molar-refractivity contribution in [2.45, 2.75) is 57.0 Å². The summed E-state index contributed by atoms with van der Waals surface area (Å²) >= 11 is 0. The van der Waals surface area contributed by atoms with E-state index in [4.69, 9.17) is 0 Å². The standard InChI is InChI=1S/C28H30N2/c1-29-28(23-15-11-21(12-16-23)20-7-3-2-4-8-20)24-17-13-22(14-18-24)27-19-25-9-5-6-10-26(25)30-27/h5-7,9-11,13-15,17-18,27-28,30H,1-4,8,12,16,19H2. The fourth-order valence-electron chi connectivity index (χ4n) is 5.12. The van der Waals surface area contributed by atoms with Gasteiger partial charge in [-0.3, -0.25) is 4.99 Å². The van der Waals surface area contributed by atoms with E-state index in [2.05, 4.69) is 83.8 Å². The molecule has 0 spiro atoms. The van der Waals surface area contributed by atoms with Gasteiger partial charge in [0, 0.05) is 5.69 Å². The maximum atomic E-state index is 4.50. The molecule has 152 valence electrons. The third-order valence-electron chi connectivity index (χ3n) is 6.84. The number of fused-ring (bicyclic) bond motifs is 1. The highest BCUT2D eigenvalue weighted by Crippen LogP contribution is 2.38. The first kappa shape index (κ1) is 19.1. The van der Waals surface area contributed by atoms with E-state index in [1.165, 1.54) is 59.2 Å². The summed E-state index contributed by atoms with van der Waals surface area (Å²) in [6, 6.07) is 18.0. The molecule has 0 amide bonds. The number of hydrogen-bond acceptors (Lipinski definition) is 2. The molecule has 5 rings (SSSR count). The lowest BCUT2D eigenvalue weighted by Gasteiger charge is -2.23. The van der Waals surface area contributed by atoms with Gasteiger partial charge < -0.3 is 5.32 Å². The van der Waals surface area contributed by atoms with Crippen LogP contribution in [0.1, 0.15) is 67.3 Å². The maximum absolute atomic E-state index is 4.50. The molecule has 2 unspecified atom stereocenters. The Bertz CT molecular complexity index is 998. The minimum atomic E-state index is 0.0610. The molecule has 30 heavy (non-hydrogen) atoms. The second-order valence-electron chi connectivity index (χ2n) is 8.72. The van der Waals surface area contributed by atoms with Gasteiger partial charge in [0.2, 0.25) is 0 Å². The minimum Gasteiger partial charge on any atom is -0.378 e. The van der Waals surface area contributed by atoms with Crippen LogP contribution in [0.5, 0.6) is 0 Å². The number of aliphatic imine (C=N–C) groups is 1. The van der Waals surface area contributed by atoms with E-state index in [9.17, 15) is 0 Å². The first-order valence-electron chi connectivity index (χ1n) is 11.3. The van der Waals surface area contributed by atoms with Gasteiger partial charge in [0.15, 0.2) is 0 Å². The number of hydrogen-bond donors (Lipinski definition) is 1. The highest BCUT2D eigenvalue weighted by atomic mass is 14.9. The Labute approximate surface area is 180 Å². The molecular formula is C28H30N2. The zero-order valence-corrected chi connectivity index (χ0v) is 17.6. The van der Waals surface area contributed by atoms with Crippen molar-refractivity contribution in [1.82, 2.24) is 0 Å². The first-order chi connectivity index (χ1) is 14.8. The molecule has 2 nitrogen and oxygen atoms in total. The van der Waals surface area contributed by atoms with Crippen LogP contribution in [0, 0.1) is 0 Å². The summed E-state index contributed by atoms with van der Waals surface area (Å²) in [7, 11) is 0. The fraction of sp³-hybridized carbons (Fsp3) is 0.321. The minimum absolute atomic E-state index is 0.0610. The van der Waals surface area contributed by atoms with Gasteiger partial charge in [0.25, 0.3) is 0 Å². The quantitative estimate of drug-likeness (QED) is 0.529. The zero-order chi connectivity index (χ0) is 20.3. The van der Waals surface area contributed by atoms with Crippen molar-refractivity contribution >= 4 is 12.4 Å². The second-order valence-corrected chi connectivity index (χ2v) is 8.72. The van der Waals surface area contributed by atoms with Gasteiger partial charge in [-0.15, -0.1) is 0 Å². The van der Waals surface area contributed by atoms with Crippen molar-refractivity contribution in [2.24, 2.45) is 4.99 Å². The van der Waals surface area contributed by atoms with E-state index in [1.807, 2.05) is 0 Å². The van der Waals surface area contributed by atoms with Gasteiger partial charge >= 0.3 is 0 Å². The Morgan fingerprint density at radius 2 is 1.77 bits per heavy atom. The molecule has 2 aromatic carbocycles. The predicted molar refractivity (Wildman–Crippen MR) is 127 cm³/mol. The number of anilines is 1. The van der Waals surface area contributed by atoms with Crippen molar-refractivity contribution in [3.05, 3.63) is 100 Å². The summed E-state index contributed by atoms with van der Waals surface area (Å²) in [5, 5.41) is 3.65. The van der Waals surface area contributed by atoms with E-state index in [1.54, 1.807) is 5.57 Å². The van der Waals surface area contributed by atoms with E-state index >= 15 is 0 Å². The number of nitrogens with one attached hydrogen (secondary N) is 1. The van der Waals surface area contributed by atoms with E-state index in [0.717, 1.165) is 19.3 Å². The Balaban J connectivity index is 1.31. The van der Waals surface area contributed by atoms with Crippen LogP contribution in [0.2, 0.25) is 0 Å². The van der Waals surface area contributed by atoms with Crippen molar-refractivity contribution in [3.63, 3.8) is 0 Å². The Kier molecular flexibility index (Phi) is 5.40. The molecule has 1 N–H and O–H groups in total. The predicted octanol–water partition coefficient (Wildman–Crippen LogP) is 7.28. The van der Waals surface area contributed by atoms with Gasteiger partial charge in [-0.2, -0.15) is 0 Å². The lowest BCUT2D eigenvalue weighted by molar-refractivity contribution is 0.691. The van der Waals surface area contributed by atoms with Crippen LogP contribution in [0.15, 0.2) is 88.5 Å². The highest BCUT2D eigenvalue weighted by molar-refractivity contribution is 5.58. The summed E-state index contributed by atoms with van der Waals surface area (Å²) in [4.78, 5) is 4.50. The number of nitrogens with zero attached hydrogens (tertiary/aromatic N) is 1. The highest BCUT2D eigenvalue weighted by Gasteiger charge is 2.23. The second kappa shape index (κ2) is 8.47. The molecule has 0 saturated heterocycles. The Morgan fingerprint density at radius 3 is 2.47 bits per heavy atom. The maximum Gasteiger partial charge on any atom is 0.0955 e. The molecule has 0 aromatic heterocycles. The van der Waals surface area contributed by atoms with Crippen molar-refractivity contribution in [3.8, 4) is 0 Å². The van der Waals surface area contributed by atoms with Crippen LogP contribution >= 0.6 is 0 Å². The smallest absolute Gasteiger partial charge is 0.0955 e. The summed E-state index contributed by atoms with van der Waals surface area (Å²) < 4.78 is 0. The topological polar surface area (TPSA) is 24.4 Å².